The Hall–Kier alpha value is -2.53. The topological polar surface area (TPSA) is 36.0 Å². The molecule has 0 bridgehead atoms. The van der Waals surface area contributed by atoms with E-state index in [0.717, 1.165) is 32.7 Å². The van der Waals surface area contributed by atoms with E-state index in [1.807, 2.05) is 24.3 Å². The Morgan fingerprint density at radius 1 is 0.840 bits per heavy atom. The molecular weight excluding hydrogens is 314 g/mol. The number of hydrogen-bond acceptors (Lipinski definition) is 4. The Labute approximate surface area is 148 Å². The van der Waals surface area contributed by atoms with Gasteiger partial charge in [0.25, 0.3) is 5.91 Å². The number of piperazine rings is 1. The van der Waals surface area contributed by atoms with Gasteiger partial charge >= 0.3 is 0 Å². The van der Waals surface area contributed by atoms with Gasteiger partial charge in [-0.05, 0) is 24.3 Å². The third-order valence-electron chi connectivity index (χ3n) is 4.96. The van der Waals surface area contributed by atoms with Crippen molar-refractivity contribution in [1.82, 2.24) is 9.80 Å². The van der Waals surface area contributed by atoms with Crippen LogP contribution in [0, 0.1) is 0 Å². The van der Waals surface area contributed by atoms with Crippen LogP contribution < -0.4 is 9.64 Å². The van der Waals surface area contributed by atoms with Crippen LogP contribution in [-0.4, -0.2) is 61.7 Å². The summed E-state index contributed by atoms with van der Waals surface area (Å²) in [6.07, 6.45) is 0. The van der Waals surface area contributed by atoms with Crippen LogP contribution in [0.25, 0.3) is 0 Å². The number of rotatable bonds is 4. The zero-order valence-electron chi connectivity index (χ0n) is 14.3. The van der Waals surface area contributed by atoms with E-state index in [2.05, 4.69) is 40.1 Å². The van der Waals surface area contributed by atoms with Gasteiger partial charge in [0, 0.05) is 45.0 Å². The first-order valence-electron chi connectivity index (χ1n) is 8.85. The molecule has 2 aromatic carbocycles. The second-order valence-corrected chi connectivity index (χ2v) is 6.50. The minimum absolute atomic E-state index is 0.0739. The van der Waals surface area contributed by atoms with Gasteiger partial charge in [0.1, 0.15) is 5.75 Å². The molecule has 130 valence electrons. The molecule has 1 saturated heterocycles. The molecule has 0 aromatic heterocycles. The SMILES string of the molecule is O=C1c2ccccc2OCN1CCN1CCN(c2ccccc2)CC1. The lowest BCUT2D eigenvalue weighted by molar-refractivity contribution is 0.0488. The highest BCUT2D eigenvalue weighted by atomic mass is 16.5. The van der Waals surface area contributed by atoms with Crippen LogP contribution in [0.4, 0.5) is 5.69 Å². The quantitative estimate of drug-likeness (QED) is 0.858. The molecule has 0 spiro atoms. The molecule has 25 heavy (non-hydrogen) atoms. The summed E-state index contributed by atoms with van der Waals surface area (Å²) in [5.74, 6) is 0.769. The van der Waals surface area contributed by atoms with Crippen LogP contribution in [0.1, 0.15) is 10.4 Å². The lowest BCUT2D eigenvalue weighted by Crippen LogP contribution is -2.50. The largest absolute Gasteiger partial charge is 0.472 e. The summed E-state index contributed by atoms with van der Waals surface area (Å²) in [5.41, 5.74) is 1.96. The number of fused-ring (bicyclic) bond motifs is 1. The lowest BCUT2D eigenvalue weighted by atomic mass is 10.1. The van der Waals surface area contributed by atoms with Gasteiger partial charge < -0.3 is 14.5 Å². The number of nitrogens with zero attached hydrogens (tertiary/aromatic N) is 3. The highest BCUT2D eigenvalue weighted by molar-refractivity contribution is 5.97. The first-order chi connectivity index (χ1) is 12.3. The molecule has 1 amide bonds. The predicted octanol–water partition coefficient (Wildman–Crippen LogP) is 2.30. The second-order valence-electron chi connectivity index (χ2n) is 6.50. The fraction of sp³-hybridized carbons (Fsp3) is 0.350. The van der Waals surface area contributed by atoms with Gasteiger partial charge in [0.2, 0.25) is 0 Å². The minimum atomic E-state index is 0.0739. The molecule has 0 N–H and O–H groups in total. The average molecular weight is 337 g/mol. The molecule has 2 aliphatic heterocycles. The fourth-order valence-corrected chi connectivity index (χ4v) is 3.44. The number of carbonyl (C=O) groups is 1. The molecule has 1 fully saturated rings. The molecule has 0 atom stereocenters. The van der Waals surface area contributed by atoms with Crippen LogP contribution in [0.5, 0.6) is 5.75 Å². The predicted molar refractivity (Wildman–Crippen MR) is 98.1 cm³/mol. The smallest absolute Gasteiger partial charge is 0.260 e. The molecule has 0 aliphatic carbocycles. The monoisotopic (exact) mass is 337 g/mol. The van der Waals surface area contributed by atoms with Crippen LogP contribution in [0.2, 0.25) is 0 Å². The maximum atomic E-state index is 12.5. The number of para-hydroxylation sites is 2. The van der Waals surface area contributed by atoms with Crippen molar-refractivity contribution >= 4 is 11.6 Å². The molecule has 0 unspecified atom stereocenters. The van der Waals surface area contributed by atoms with Crippen LogP contribution in [0.3, 0.4) is 0 Å². The van der Waals surface area contributed by atoms with Crippen LogP contribution >= 0.6 is 0 Å². The van der Waals surface area contributed by atoms with E-state index in [9.17, 15) is 4.79 Å². The Kier molecular flexibility index (Phi) is 4.57. The van der Waals surface area contributed by atoms with Gasteiger partial charge in [0.05, 0.1) is 5.56 Å². The van der Waals surface area contributed by atoms with E-state index in [4.69, 9.17) is 4.74 Å². The first kappa shape index (κ1) is 16.0. The van der Waals surface area contributed by atoms with Crippen molar-refractivity contribution in [3.05, 3.63) is 60.2 Å². The molecule has 0 radical (unpaired) electrons. The van der Waals surface area contributed by atoms with E-state index < -0.39 is 0 Å². The van der Waals surface area contributed by atoms with Gasteiger partial charge in [-0.1, -0.05) is 30.3 Å². The molecular formula is C20H23N3O2. The molecule has 5 heteroatoms. The highest BCUT2D eigenvalue weighted by Gasteiger charge is 2.26. The zero-order valence-corrected chi connectivity index (χ0v) is 14.3. The summed E-state index contributed by atoms with van der Waals surface area (Å²) in [6.45, 7) is 6.04. The van der Waals surface area contributed by atoms with Crippen molar-refractivity contribution in [2.75, 3.05) is 50.9 Å². The lowest BCUT2D eigenvalue weighted by Gasteiger charge is -2.37. The number of ether oxygens (including phenoxy) is 1. The number of benzene rings is 2. The van der Waals surface area contributed by atoms with Crippen molar-refractivity contribution in [2.24, 2.45) is 0 Å². The van der Waals surface area contributed by atoms with Gasteiger partial charge in [-0.25, -0.2) is 0 Å². The van der Waals surface area contributed by atoms with Crippen molar-refractivity contribution in [3.63, 3.8) is 0 Å². The zero-order chi connectivity index (χ0) is 17.1. The first-order valence-corrected chi connectivity index (χ1v) is 8.85. The molecule has 5 nitrogen and oxygen atoms in total. The molecule has 2 aromatic rings. The number of carbonyl (C=O) groups excluding carboxylic acids is 1. The third-order valence-corrected chi connectivity index (χ3v) is 4.96. The highest BCUT2D eigenvalue weighted by Crippen LogP contribution is 2.24. The normalized spacial score (nSPS) is 18.0. The Morgan fingerprint density at radius 3 is 2.36 bits per heavy atom. The fourth-order valence-electron chi connectivity index (χ4n) is 3.44. The van der Waals surface area contributed by atoms with Gasteiger partial charge in [-0.2, -0.15) is 0 Å². The maximum Gasteiger partial charge on any atom is 0.260 e. The summed E-state index contributed by atoms with van der Waals surface area (Å²) in [6, 6.07) is 18.0. The number of hydrogen-bond donors (Lipinski definition) is 0. The van der Waals surface area contributed by atoms with Crippen molar-refractivity contribution in [1.29, 1.82) is 0 Å². The summed E-state index contributed by atoms with van der Waals surface area (Å²) in [5, 5.41) is 0. The van der Waals surface area contributed by atoms with E-state index >= 15 is 0 Å². The van der Waals surface area contributed by atoms with E-state index in [1.54, 1.807) is 4.90 Å². The Balaban J connectivity index is 1.28. The molecule has 0 saturated carbocycles. The van der Waals surface area contributed by atoms with Gasteiger partial charge in [-0.15, -0.1) is 0 Å². The van der Waals surface area contributed by atoms with E-state index in [0.29, 0.717) is 24.6 Å². The maximum absolute atomic E-state index is 12.5. The van der Waals surface area contributed by atoms with Gasteiger partial charge in [-0.3, -0.25) is 9.69 Å². The van der Waals surface area contributed by atoms with Crippen LogP contribution in [-0.2, 0) is 0 Å². The van der Waals surface area contributed by atoms with Crippen molar-refractivity contribution in [3.8, 4) is 5.75 Å². The molecule has 2 aliphatic rings. The van der Waals surface area contributed by atoms with Crippen molar-refractivity contribution < 1.29 is 9.53 Å². The third kappa shape index (κ3) is 3.46. The number of amides is 1. The number of anilines is 1. The Bertz CT molecular complexity index is 727. The average Bonchev–Trinajstić information content (AvgIpc) is 2.69. The second kappa shape index (κ2) is 7.15. The van der Waals surface area contributed by atoms with Crippen LogP contribution in [0.15, 0.2) is 54.6 Å². The van der Waals surface area contributed by atoms with E-state index in [-0.39, 0.29) is 5.91 Å². The Morgan fingerprint density at radius 2 is 1.56 bits per heavy atom. The van der Waals surface area contributed by atoms with Crippen molar-refractivity contribution in [2.45, 2.75) is 0 Å². The summed E-state index contributed by atoms with van der Waals surface area (Å²) >= 11 is 0. The van der Waals surface area contributed by atoms with E-state index in [1.165, 1.54) is 5.69 Å². The standard InChI is InChI=1S/C20H23N3O2/c24-20-18-8-4-5-9-19(18)25-16-23(20)15-12-21-10-13-22(14-11-21)17-6-2-1-3-7-17/h1-9H,10-16H2. The van der Waals surface area contributed by atoms with Gasteiger partial charge in [0.15, 0.2) is 6.73 Å². The molecule has 2 heterocycles. The summed E-state index contributed by atoms with van der Waals surface area (Å²) < 4.78 is 5.70. The summed E-state index contributed by atoms with van der Waals surface area (Å²) in [7, 11) is 0. The summed E-state index contributed by atoms with van der Waals surface area (Å²) in [4.78, 5) is 19.2. The minimum Gasteiger partial charge on any atom is -0.472 e. The molecule has 4 rings (SSSR count).